The lowest BCUT2D eigenvalue weighted by Gasteiger charge is -2.55. The number of aliphatic hydroxyl groups excluding tert-OH is 1. The van der Waals surface area contributed by atoms with Gasteiger partial charge in [0, 0.05) is 24.1 Å². The molecule has 3 heteroatoms. The number of nitrogens with zero attached hydrogens (tertiary/aromatic N) is 1. The van der Waals surface area contributed by atoms with E-state index in [0.29, 0.717) is 12.5 Å². The quantitative estimate of drug-likeness (QED) is 0.890. The molecule has 142 valence electrons. The number of rotatable bonds is 4. The van der Waals surface area contributed by atoms with Crippen LogP contribution in [-0.2, 0) is 6.42 Å². The summed E-state index contributed by atoms with van der Waals surface area (Å²) in [6, 6.07) is 16.5. The highest BCUT2D eigenvalue weighted by Crippen LogP contribution is 2.62. The molecule has 0 unspecified atom stereocenters. The van der Waals surface area contributed by atoms with E-state index in [9.17, 15) is 9.90 Å². The molecule has 1 N–H and O–H groups in total. The first kappa shape index (κ1) is 18.2. The fourth-order valence-electron chi connectivity index (χ4n) is 5.47. The van der Waals surface area contributed by atoms with Crippen molar-refractivity contribution < 1.29 is 9.90 Å². The molecule has 0 aromatic heterocycles. The van der Waals surface area contributed by atoms with Crippen molar-refractivity contribution in [3.8, 4) is 0 Å². The standard InChI is InChI=1S/C24H29NO2/c1-17-8-10-18(11-9-17)12-19-6-4-5-7-20(19)22(27)25-13-21-23(2,3)14-24(21,15-25)16-26/h4-11,21,26H,12-16H2,1-3H3/t21-,24-/m1/s1. The van der Waals surface area contributed by atoms with Crippen LogP contribution in [0.1, 0.15) is 47.3 Å². The summed E-state index contributed by atoms with van der Waals surface area (Å²) in [7, 11) is 0. The second-order valence-electron chi connectivity index (χ2n) is 9.24. The number of aliphatic hydroxyl groups is 1. The summed E-state index contributed by atoms with van der Waals surface area (Å²) in [6.45, 7) is 8.20. The molecule has 3 nitrogen and oxygen atoms in total. The zero-order valence-corrected chi connectivity index (χ0v) is 16.5. The van der Waals surface area contributed by atoms with Crippen LogP contribution in [0.4, 0.5) is 0 Å². The summed E-state index contributed by atoms with van der Waals surface area (Å²) < 4.78 is 0. The number of likely N-dealkylation sites (tertiary alicyclic amines) is 1. The Bertz CT molecular complexity index is 855. The molecule has 4 rings (SSSR count). The number of hydrogen-bond acceptors (Lipinski definition) is 2. The van der Waals surface area contributed by atoms with Gasteiger partial charge < -0.3 is 10.0 Å². The number of aryl methyl sites for hydroxylation is 1. The van der Waals surface area contributed by atoms with Crippen molar-refractivity contribution in [2.24, 2.45) is 16.7 Å². The van der Waals surface area contributed by atoms with Gasteiger partial charge in [-0.05, 0) is 48.3 Å². The Balaban J connectivity index is 1.57. The summed E-state index contributed by atoms with van der Waals surface area (Å²) in [5.41, 5.74) is 4.44. The van der Waals surface area contributed by atoms with Crippen molar-refractivity contribution in [2.75, 3.05) is 19.7 Å². The Hall–Kier alpha value is -2.13. The second kappa shape index (κ2) is 6.49. The molecule has 0 bridgehead atoms. The predicted octanol–water partition coefficient (Wildman–Crippen LogP) is 4.07. The maximum Gasteiger partial charge on any atom is 0.254 e. The molecular weight excluding hydrogens is 334 g/mol. The average Bonchev–Trinajstić information content (AvgIpc) is 2.99. The largest absolute Gasteiger partial charge is 0.396 e. The highest BCUT2D eigenvalue weighted by molar-refractivity contribution is 5.96. The SMILES string of the molecule is Cc1ccc(Cc2ccccc2C(=O)N2C[C@@H]3C(C)(C)C[C@]3(CO)C2)cc1. The number of hydrogen-bond donors (Lipinski definition) is 1. The van der Waals surface area contributed by atoms with Crippen LogP contribution >= 0.6 is 0 Å². The first-order valence-corrected chi connectivity index (χ1v) is 9.88. The summed E-state index contributed by atoms with van der Waals surface area (Å²) in [5.74, 6) is 0.499. The lowest BCUT2D eigenvalue weighted by Crippen LogP contribution is -2.54. The molecule has 1 aliphatic heterocycles. The third-order valence-corrected chi connectivity index (χ3v) is 6.76. The van der Waals surface area contributed by atoms with E-state index in [1.165, 1.54) is 11.1 Å². The van der Waals surface area contributed by atoms with Gasteiger partial charge in [-0.15, -0.1) is 0 Å². The molecule has 1 amide bonds. The molecular formula is C24H29NO2. The maximum absolute atomic E-state index is 13.3. The first-order chi connectivity index (χ1) is 12.8. The van der Waals surface area contributed by atoms with Gasteiger partial charge in [-0.3, -0.25) is 4.79 Å². The van der Waals surface area contributed by atoms with Crippen LogP contribution in [0.2, 0.25) is 0 Å². The van der Waals surface area contributed by atoms with Crippen molar-refractivity contribution >= 4 is 5.91 Å². The number of carbonyl (C=O) groups excluding carboxylic acids is 1. The highest BCUT2D eigenvalue weighted by atomic mass is 16.3. The van der Waals surface area contributed by atoms with Gasteiger partial charge in [0.25, 0.3) is 5.91 Å². The molecule has 1 aliphatic carbocycles. The summed E-state index contributed by atoms with van der Waals surface area (Å²) >= 11 is 0. The van der Waals surface area contributed by atoms with Gasteiger partial charge in [-0.1, -0.05) is 61.9 Å². The van der Waals surface area contributed by atoms with E-state index in [1.54, 1.807) is 0 Å². The fourth-order valence-corrected chi connectivity index (χ4v) is 5.47. The smallest absolute Gasteiger partial charge is 0.254 e. The molecule has 27 heavy (non-hydrogen) atoms. The molecule has 2 aliphatic rings. The van der Waals surface area contributed by atoms with Crippen molar-refractivity contribution in [2.45, 2.75) is 33.6 Å². The van der Waals surface area contributed by atoms with Crippen molar-refractivity contribution in [3.05, 3.63) is 70.8 Å². The molecule has 1 saturated carbocycles. The third-order valence-electron chi connectivity index (χ3n) is 6.76. The predicted molar refractivity (Wildman–Crippen MR) is 108 cm³/mol. The minimum atomic E-state index is -0.0922. The molecule has 2 fully saturated rings. The van der Waals surface area contributed by atoms with Crippen molar-refractivity contribution in [1.29, 1.82) is 0 Å². The lowest BCUT2D eigenvalue weighted by atomic mass is 9.48. The second-order valence-corrected chi connectivity index (χ2v) is 9.24. The van der Waals surface area contributed by atoms with E-state index < -0.39 is 0 Å². The van der Waals surface area contributed by atoms with Crippen LogP contribution in [0.15, 0.2) is 48.5 Å². The number of fused-ring (bicyclic) bond motifs is 1. The van der Waals surface area contributed by atoms with Gasteiger partial charge in [0.05, 0.1) is 6.61 Å². The Morgan fingerprint density at radius 1 is 1.15 bits per heavy atom. The lowest BCUT2D eigenvalue weighted by molar-refractivity contribution is -0.0977. The van der Waals surface area contributed by atoms with Crippen molar-refractivity contribution in [1.82, 2.24) is 4.90 Å². The van der Waals surface area contributed by atoms with Gasteiger partial charge in [0.1, 0.15) is 0 Å². The molecule has 2 atom stereocenters. The van der Waals surface area contributed by atoms with Crippen LogP contribution < -0.4 is 0 Å². The van der Waals surface area contributed by atoms with Gasteiger partial charge >= 0.3 is 0 Å². The minimum absolute atomic E-state index is 0.0922. The maximum atomic E-state index is 13.3. The van der Waals surface area contributed by atoms with Crippen LogP contribution in [0.5, 0.6) is 0 Å². The summed E-state index contributed by atoms with van der Waals surface area (Å²) in [6.07, 6.45) is 1.76. The van der Waals surface area contributed by atoms with Gasteiger partial charge in [0.15, 0.2) is 0 Å². The molecule has 2 aromatic rings. The first-order valence-electron chi connectivity index (χ1n) is 9.88. The van der Waals surface area contributed by atoms with Crippen LogP contribution in [0, 0.1) is 23.7 Å². The molecule has 1 heterocycles. The number of carbonyl (C=O) groups is 1. The zero-order chi connectivity index (χ0) is 19.2. The third kappa shape index (κ3) is 3.08. The summed E-state index contributed by atoms with van der Waals surface area (Å²) in [4.78, 5) is 15.3. The normalized spacial score (nSPS) is 25.8. The van der Waals surface area contributed by atoms with E-state index in [0.717, 1.165) is 30.5 Å². The highest BCUT2D eigenvalue weighted by Gasteiger charge is 2.63. The van der Waals surface area contributed by atoms with Crippen LogP contribution in [-0.4, -0.2) is 35.6 Å². The summed E-state index contributed by atoms with van der Waals surface area (Å²) in [5, 5.41) is 9.98. The Morgan fingerprint density at radius 2 is 1.85 bits per heavy atom. The number of amides is 1. The van der Waals surface area contributed by atoms with E-state index in [1.807, 2.05) is 23.1 Å². The minimum Gasteiger partial charge on any atom is -0.396 e. The van der Waals surface area contributed by atoms with E-state index in [-0.39, 0.29) is 23.3 Å². The van der Waals surface area contributed by atoms with Gasteiger partial charge in [0.2, 0.25) is 0 Å². The fraction of sp³-hybridized carbons (Fsp3) is 0.458. The Labute approximate surface area is 162 Å². The average molecular weight is 364 g/mol. The zero-order valence-electron chi connectivity index (χ0n) is 16.5. The van der Waals surface area contributed by atoms with E-state index in [2.05, 4.69) is 51.1 Å². The van der Waals surface area contributed by atoms with E-state index >= 15 is 0 Å². The Kier molecular flexibility index (Phi) is 4.38. The van der Waals surface area contributed by atoms with Crippen LogP contribution in [0.25, 0.3) is 0 Å². The van der Waals surface area contributed by atoms with Crippen LogP contribution in [0.3, 0.4) is 0 Å². The van der Waals surface area contributed by atoms with Crippen molar-refractivity contribution in [3.63, 3.8) is 0 Å². The number of benzene rings is 2. The van der Waals surface area contributed by atoms with Gasteiger partial charge in [-0.25, -0.2) is 0 Å². The molecule has 1 saturated heterocycles. The van der Waals surface area contributed by atoms with E-state index in [4.69, 9.17) is 0 Å². The molecule has 2 aromatic carbocycles. The topological polar surface area (TPSA) is 40.5 Å². The molecule has 0 radical (unpaired) electrons. The Morgan fingerprint density at radius 3 is 2.48 bits per heavy atom. The monoisotopic (exact) mass is 363 g/mol. The van der Waals surface area contributed by atoms with Gasteiger partial charge in [-0.2, -0.15) is 0 Å². The molecule has 0 spiro atoms.